The number of carbonyl (C=O) groups excluding carboxylic acids is 1. The molecule has 0 aliphatic carbocycles. The fraction of sp³-hybridized carbons (Fsp3) is 0.133. The second kappa shape index (κ2) is 5.43. The quantitative estimate of drug-likeness (QED) is 0.695. The van der Waals surface area contributed by atoms with Crippen LogP contribution in [0.1, 0.15) is 27.0 Å². The van der Waals surface area contributed by atoms with Crippen molar-refractivity contribution >= 4 is 33.3 Å². The maximum absolute atomic E-state index is 13.3. The molecule has 0 N–H and O–H groups in total. The second-order valence-corrected chi connectivity index (χ2v) is 5.63. The van der Waals surface area contributed by atoms with Crippen LogP contribution < -0.4 is 0 Å². The van der Waals surface area contributed by atoms with Gasteiger partial charge in [0.2, 0.25) is 0 Å². The lowest BCUT2D eigenvalue weighted by molar-refractivity contribution is 0.103. The summed E-state index contributed by atoms with van der Waals surface area (Å²) >= 11 is 9.20. The van der Waals surface area contributed by atoms with Gasteiger partial charge in [-0.1, -0.05) is 11.6 Å². The highest BCUT2D eigenvalue weighted by Gasteiger charge is 2.16. The van der Waals surface area contributed by atoms with Crippen LogP contribution in [0.15, 0.2) is 34.8 Å². The van der Waals surface area contributed by atoms with Gasteiger partial charge in [-0.25, -0.2) is 4.39 Å². The van der Waals surface area contributed by atoms with E-state index in [0.717, 1.165) is 0 Å². The molecule has 1 nitrogen and oxygen atoms in total. The van der Waals surface area contributed by atoms with Crippen molar-refractivity contribution in [3.8, 4) is 0 Å². The van der Waals surface area contributed by atoms with Crippen LogP contribution in [0.3, 0.4) is 0 Å². The summed E-state index contributed by atoms with van der Waals surface area (Å²) in [5.74, 6) is -0.462. The zero-order chi connectivity index (χ0) is 14.2. The summed E-state index contributed by atoms with van der Waals surface area (Å²) in [5.41, 5.74) is 2.33. The summed E-state index contributed by atoms with van der Waals surface area (Å²) in [4.78, 5) is 12.5. The second-order valence-electron chi connectivity index (χ2n) is 4.37. The molecule has 0 atom stereocenters. The summed E-state index contributed by atoms with van der Waals surface area (Å²) in [6.07, 6.45) is 0. The van der Waals surface area contributed by atoms with Crippen molar-refractivity contribution in [2.75, 3.05) is 0 Å². The number of rotatable bonds is 2. The van der Waals surface area contributed by atoms with E-state index in [2.05, 4.69) is 15.9 Å². The molecule has 0 amide bonds. The molecule has 98 valence electrons. The van der Waals surface area contributed by atoms with E-state index in [1.165, 1.54) is 12.1 Å². The monoisotopic (exact) mass is 340 g/mol. The van der Waals surface area contributed by atoms with E-state index in [1.807, 2.05) is 0 Å². The number of hydrogen-bond acceptors (Lipinski definition) is 1. The van der Waals surface area contributed by atoms with Crippen molar-refractivity contribution in [1.29, 1.82) is 0 Å². The number of halogens is 3. The first kappa shape index (κ1) is 14.2. The van der Waals surface area contributed by atoms with Crippen molar-refractivity contribution in [2.24, 2.45) is 0 Å². The lowest BCUT2D eigenvalue weighted by Crippen LogP contribution is -2.07. The Morgan fingerprint density at radius 2 is 1.74 bits per heavy atom. The number of hydrogen-bond donors (Lipinski definition) is 0. The lowest BCUT2D eigenvalue weighted by Gasteiger charge is -2.10. The molecular weight excluding hydrogens is 331 g/mol. The van der Waals surface area contributed by atoms with Crippen molar-refractivity contribution in [3.63, 3.8) is 0 Å². The highest BCUT2D eigenvalue weighted by molar-refractivity contribution is 9.10. The van der Waals surface area contributed by atoms with Gasteiger partial charge >= 0.3 is 0 Å². The first-order valence-corrected chi connectivity index (χ1v) is 6.83. The van der Waals surface area contributed by atoms with Gasteiger partial charge in [0.05, 0.1) is 5.02 Å². The van der Waals surface area contributed by atoms with Gasteiger partial charge in [0.25, 0.3) is 0 Å². The molecule has 2 rings (SSSR count). The third kappa shape index (κ3) is 2.88. The first-order chi connectivity index (χ1) is 8.90. The summed E-state index contributed by atoms with van der Waals surface area (Å²) in [6, 6.07) is 7.73. The average Bonchev–Trinajstić information content (AvgIpc) is 2.31. The van der Waals surface area contributed by atoms with Crippen LogP contribution in [0.25, 0.3) is 0 Å². The normalized spacial score (nSPS) is 10.6. The van der Waals surface area contributed by atoms with Crippen LogP contribution in [0.2, 0.25) is 5.02 Å². The number of ketones is 1. The minimum absolute atomic E-state index is 0.132. The van der Waals surface area contributed by atoms with Crippen molar-refractivity contribution in [1.82, 2.24) is 0 Å². The van der Waals surface area contributed by atoms with Gasteiger partial charge in [0.1, 0.15) is 5.82 Å². The van der Waals surface area contributed by atoms with E-state index in [4.69, 9.17) is 11.6 Å². The summed E-state index contributed by atoms with van der Waals surface area (Å²) in [7, 11) is 0. The van der Waals surface area contributed by atoms with Gasteiger partial charge in [-0.2, -0.15) is 0 Å². The fourth-order valence-electron chi connectivity index (χ4n) is 2.05. The van der Waals surface area contributed by atoms with Crippen LogP contribution in [0.5, 0.6) is 0 Å². The van der Waals surface area contributed by atoms with Crippen LogP contribution in [0, 0.1) is 19.7 Å². The van der Waals surface area contributed by atoms with Crippen LogP contribution in [-0.4, -0.2) is 5.78 Å². The van der Waals surface area contributed by atoms with E-state index >= 15 is 0 Å². The standard InChI is InChI=1S/C15H11BrClFO/c1-8-5-11(18)6-9(2)14(8)15(19)10-3-4-13(17)12(16)7-10/h3-7H,1-2H3. The molecule has 0 aromatic heterocycles. The van der Waals surface area contributed by atoms with Crippen molar-refractivity contribution < 1.29 is 9.18 Å². The highest BCUT2D eigenvalue weighted by atomic mass is 79.9. The Labute approximate surface area is 124 Å². The van der Waals surface area contributed by atoms with E-state index in [9.17, 15) is 9.18 Å². The molecule has 2 aromatic rings. The van der Waals surface area contributed by atoms with Gasteiger partial charge in [-0.3, -0.25) is 4.79 Å². The molecule has 0 spiro atoms. The summed E-state index contributed by atoms with van der Waals surface area (Å²) in [5, 5.41) is 0.545. The molecule has 0 aliphatic heterocycles. The molecule has 4 heteroatoms. The van der Waals surface area contributed by atoms with Gasteiger partial charge < -0.3 is 0 Å². The van der Waals surface area contributed by atoms with Crippen molar-refractivity contribution in [3.05, 3.63) is 67.9 Å². The Morgan fingerprint density at radius 3 is 2.26 bits per heavy atom. The molecule has 2 aromatic carbocycles. The largest absolute Gasteiger partial charge is 0.289 e. The van der Waals surface area contributed by atoms with Crippen LogP contribution >= 0.6 is 27.5 Å². The van der Waals surface area contributed by atoms with E-state index in [0.29, 0.717) is 31.7 Å². The summed E-state index contributed by atoms with van der Waals surface area (Å²) < 4.78 is 13.9. The predicted octanol–water partition coefficient (Wildman–Crippen LogP) is 5.09. The minimum Gasteiger partial charge on any atom is -0.289 e. The minimum atomic E-state index is -0.330. The maximum atomic E-state index is 13.3. The Balaban J connectivity index is 2.53. The fourth-order valence-corrected chi connectivity index (χ4v) is 2.55. The Hall–Kier alpha value is -1.19. The van der Waals surface area contributed by atoms with Gasteiger partial charge in [-0.05, 0) is 71.2 Å². The molecule has 0 saturated heterocycles. The number of aryl methyl sites for hydroxylation is 2. The van der Waals surface area contributed by atoms with Crippen LogP contribution in [-0.2, 0) is 0 Å². The molecule has 0 bridgehead atoms. The Morgan fingerprint density at radius 1 is 1.16 bits per heavy atom. The van der Waals surface area contributed by atoms with E-state index < -0.39 is 0 Å². The number of benzene rings is 2. The molecule has 0 saturated carbocycles. The molecule has 0 aliphatic rings. The van der Waals surface area contributed by atoms with E-state index in [1.54, 1.807) is 32.0 Å². The third-order valence-corrected chi connectivity index (χ3v) is 4.12. The molecule has 0 unspecified atom stereocenters. The highest BCUT2D eigenvalue weighted by Crippen LogP contribution is 2.26. The van der Waals surface area contributed by atoms with Gasteiger partial charge in [0.15, 0.2) is 5.78 Å². The lowest BCUT2D eigenvalue weighted by atomic mass is 9.95. The Kier molecular flexibility index (Phi) is 4.07. The van der Waals surface area contributed by atoms with Gasteiger partial charge in [0, 0.05) is 15.6 Å². The topological polar surface area (TPSA) is 17.1 Å². The van der Waals surface area contributed by atoms with Gasteiger partial charge in [-0.15, -0.1) is 0 Å². The zero-order valence-electron chi connectivity index (χ0n) is 10.4. The summed E-state index contributed by atoms with van der Waals surface area (Å²) in [6.45, 7) is 3.46. The van der Waals surface area contributed by atoms with Crippen molar-refractivity contribution in [2.45, 2.75) is 13.8 Å². The van der Waals surface area contributed by atoms with E-state index in [-0.39, 0.29) is 11.6 Å². The number of carbonyl (C=O) groups is 1. The molecule has 0 heterocycles. The molecule has 0 radical (unpaired) electrons. The first-order valence-electron chi connectivity index (χ1n) is 5.66. The average molecular weight is 342 g/mol. The molecule has 19 heavy (non-hydrogen) atoms. The molecular formula is C15H11BrClFO. The van der Waals surface area contributed by atoms with Crippen LogP contribution in [0.4, 0.5) is 4.39 Å². The third-order valence-electron chi connectivity index (χ3n) is 2.91. The zero-order valence-corrected chi connectivity index (χ0v) is 12.8. The SMILES string of the molecule is Cc1cc(F)cc(C)c1C(=O)c1ccc(Cl)c(Br)c1. The Bertz CT molecular complexity index is 644. The molecule has 0 fully saturated rings. The predicted molar refractivity (Wildman–Crippen MR) is 78.5 cm³/mol. The maximum Gasteiger partial charge on any atom is 0.193 e. The smallest absolute Gasteiger partial charge is 0.193 e.